The molecule has 1 fully saturated rings. The van der Waals surface area contributed by atoms with Crippen molar-refractivity contribution in [2.45, 2.75) is 38.6 Å². The molecule has 0 aromatic heterocycles. The first-order chi connectivity index (χ1) is 11.1. The van der Waals surface area contributed by atoms with Crippen LogP contribution < -0.4 is 0 Å². The van der Waals surface area contributed by atoms with E-state index in [-0.39, 0.29) is 17.7 Å². The molecule has 23 heavy (non-hydrogen) atoms. The summed E-state index contributed by atoms with van der Waals surface area (Å²) in [6.45, 7) is 2.10. The Hall–Kier alpha value is -1.62. The van der Waals surface area contributed by atoms with Crippen LogP contribution in [0.1, 0.15) is 49.8 Å². The number of hydrogen-bond donors (Lipinski definition) is 0. The average Bonchev–Trinajstić information content (AvgIpc) is 2.56. The molecular weight excluding hydrogens is 358 g/mol. The summed E-state index contributed by atoms with van der Waals surface area (Å²) in [6, 6.07) is 7.66. The third-order valence-electron chi connectivity index (χ3n) is 4.55. The van der Waals surface area contributed by atoms with Gasteiger partial charge < -0.3 is 4.74 Å². The van der Waals surface area contributed by atoms with E-state index in [0.717, 1.165) is 34.9 Å². The molecule has 1 aromatic carbocycles. The second-order valence-electron chi connectivity index (χ2n) is 5.93. The van der Waals surface area contributed by atoms with Gasteiger partial charge in [-0.05, 0) is 46.8 Å². The summed E-state index contributed by atoms with van der Waals surface area (Å²) in [6.07, 6.45) is 4.75. The van der Waals surface area contributed by atoms with Crippen molar-refractivity contribution in [3.8, 4) is 0 Å². The summed E-state index contributed by atoms with van der Waals surface area (Å²) in [5.74, 6) is 0.0860. The minimum Gasteiger partial charge on any atom is -0.449 e. The van der Waals surface area contributed by atoms with Crippen LogP contribution in [-0.4, -0.2) is 23.4 Å². The fraction of sp³-hybridized carbons (Fsp3) is 0.444. The van der Waals surface area contributed by atoms with E-state index in [1.807, 2.05) is 24.3 Å². The first kappa shape index (κ1) is 16.2. The van der Waals surface area contributed by atoms with Crippen LogP contribution in [0.3, 0.4) is 0 Å². The van der Waals surface area contributed by atoms with Crippen LogP contribution >= 0.6 is 15.9 Å². The van der Waals surface area contributed by atoms with Crippen molar-refractivity contribution >= 4 is 32.3 Å². The number of Topliss-reactive ketones (excluding diaryl/α,β-unsaturated/α-hetero) is 1. The lowest BCUT2D eigenvalue weighted by atomic mass is 9.77. The number of ether oxygens (including phenoxy) is 1. The Bertz CT molecular complexity index is 655. The highest BCUT2D eigenvalue weighted by Crippen LogP contribution is 2.44. The second kappa shape index (κ2) is 6.87. The summed E-state index contributed by atoms with van der Waals surface area (Å²) >= 11 is 3.54. The zero-order chi connectivity index (χ0) is 16.4. The van der Waals surface area contributed by atoms with Gasteiger partial charge >= 0.3 is 6.09 Å². The van der Waals surface area contributed by atoms with E-state index in [1.54, 1.807) is 18.0 Å². The number of ketones is 1. The normalized spacial score (nSPS) is 24.0. The van der Waals surface area contributed by atoms with Crippen molar-refractivity contribution in [3.63, 3.8) is 0 Å². The van der Waals surface area contributed by atoms with Gasteiger partial charge in [0.05, 0.1) is 12.6 Å². The van der Waals surface area contributed by atoms with Crippen LogP contribution in [0.2, 0.25) is 0 Å². The molecule has 2 aliphatic rings. The third-order valence-corrected chi connectivity index (χ3v) is 5.18. The van der Waals surface area contributed by atoms with E-state index in [0.29, 0.717) is 13.0 Å². The predicted molar refractivity (Wildman–Crippen MR) is 91.9 cm³/mol. The number of hydrogen-bond acceptors (Lipinski definition) is 3. The minimum atomic E-state index is -0.401. The van der Waals surface area contributed by atoms with E-state index in [4.69, 9.17) is 4.74 Å². The van der Waals surface area contributed by atoms with Gasteiger partial charge in [-0.25, -0.2) is 4.79 Å². The molecule has 0 saturated heterocycles. The largest absolute Gasteiger partial charge is 0.449 e. The summed E-state index contributed by atoms with van der Waals surface area (Å²) in [5.41, 5.74) is 2.05. The molecule has 3 rings (SSSR count). The predicted octanol–water partition coefficient (Wildman–Crippen LogP) is 4.65. The quantitative estimate of drug-likeness (QED) is 0.753. The van der Waals surface area contributed by atoms with Gasteiger partial charge in [-0.2, -0.15) is 0 Å². The van der Waals surface area contributed by atoms with E-state index in [2.05, 4.69) is 15.9 Å². The second-order valence-corrected chi connectivity index (χ2v) is 6.79. The maximum absolute atomic E-state index is 12.5. The van der Waals surface area contributed by atoms with E-state index in [9.17, 15) is 9.59 Å². The Morgan fingerprint density at radius 3 is 2.87 bits per heavy atom. The molecule has 1 aliphatic heterocycles. The van der Waals surface area contributed by atoms with Crippen LogP contribution in [0.15, 0.2) is 30.5 Å². The maximum atomic E-state index is 12.5. The van der Waals surface area contributed by atoms with Crippen LogP contribution in [0.5, 0.6) is 0 Å². The molecule has 0 N–H and O–H groups in total. The Labute approximate surface area is 144 Å². The number of carbonyl (C=O) groups excluding carboxylic acids is 2. The zero-order valence-electron chi connectivity index (χ0n) is 13.1. The lowest BCUT2D eigenvalue weighted by molar-refractivity contribution is -0.126. The van der Waals surface area contributed by atoms with Crippen molar-refractivity contribution in [2.24, 2.45) is 5.92 Å². The SMILES string of the molecule is CCOC(=O)N1C=C(Br)c2ccccc2C1C1CCCCC1=O. The minimum absolute atomic E-state index is 0.161. The van der Waals surface area contributed by atoms with E-state index in [1.165, 1.54) is 0 Å². The Morgan fingerprint density at radius 1 is 1.35 bits per heavy atom. The van der Waals surface area contributed by atoms with Crippen molar-refractivity contribution in [1.29, 1.82) is 0 Å². The lowest BCUT2D eigenvalue weighted by Crippen LogP contribution is -2.41. The molecule has 1 heterocycles. The monoisotopic (exact) mass is 377 g/mol. The van der Waals surface area contributed by atoms with Gasteiger partial charge in [-0.3, -0.25) is 9.69 Å². The van der Waals surface area contributed by atoms with Crippen molar-refractivity contribution in [3.05, 3.63) is 41.6 Å². The van der Waals surface area contributed by atoms with Crippen molar-refractivity contribution in [1.82, 2.24) is 4.90 Å². The molecule has 2 atom stereocenters. The summed E-state index contributed by atoms with van der Waals surface area (Å²) < 4.78 is 6.05. The van der Waals surface area contributed by atoms with Gasteiger partial charge in [0, 0.05) is 23.0 Å². The van der Waals surface area contributed by atoms with Crippen molar-refractivity contribution < 1.29 is 14.3 Å². The van der Waals surface area contributed by atoms with Crippen LogP contribution in [0.4, 0.5) is 4.79 Å². The molecule has 0 spiro atoms. The maximum Gasteiger partial charge on any atom is 0.414 e. The smallest absolute Gasteiger partial charge is 0.414 e. The topological polar surface area (TPSA) is 46.6 Å². The Balaban J connectivity index is 2.06. The molecular formula is C18H20BrNO3. The van der Waals surface area contributed by atoms with E-state index < -0.39 is 6.09 Å². The highest BCUT2D eigenvalue weighted by Gasteiger charge is 2.40. The van der Waals surface area contributed by atoms with Crippen LogP contribution in [-0.2, 0) is 9.53 Å². The number of halogens is 1. The van der Waals surface area contributed by atoms with Gasteiger partial charge in [-0.15, -0.1) is 0 Å². The fourth-order valence-corrected chi connectivity index (χ4v) is 4.09. The number of rotatable bonds is 2. The molecule has 0 radical (unpaired) electrons. The summed E-state index contributed by atoms with van der Waals surface area (Å²) in [4.78, 5) is 26.5. The molecule has 1 aromatic rings. The van der Waals surface area contributed by atoms with Gasteiger partial charge in [0.1, 0.15) is 5.78 Å². The summed E-state index contributed by atoms with van der Waals surface area (Å²) in [7, 11) is 0. The van der Waals surface area contributed by atoms with Gasteiger partial charge in [-0.1, -0.05) is 30.7 Å². The average molecular weight is 378 g/mol. The van der Waals surface area contributed by atoms with E-state index >= 15 is 0 Å². The number of fused-ring (bicyclic) bond motifs is 1. The Morgan fingerprint density at radius 2 is 2.13 bits per heavy atom. The van der Waals surface area contributed by atoms with Crippen molar-refractivity contribution in [2.75, 3.05) is 6.61 Å². The molecule has 1 amide bonds. The number of nitrogens with zero attached hydrogens (tertiary/aromatic N) is 1. The van der Waals surface area contributed by atoms with Gasteiger partial charge in [0.15, 0.2) is 0 Å². The highest BCUT2D eigenvalue weighted by atomic mass is 79.9. The highest BCUT2D eigenvalue weighted by molar-refractivity contribution is 9.15. The Kier molecular flexibility index (Phi) is 4.85. The molecule has 4 nitrogen and oxygen atoms in total. The molecule has 122 valence electrons. The number of carbonyl (C=O) groups is 2. The molecule has 5 heteroatoms. The first-order valence-corrected chi connectivity index (χ1v) is 8.87. The standard InChI is InChI=1S/C18H20BrNO3/c1-2-23-18(22)20-11-15(19)12-7-3-4-8-13(12)17(20)14-9-5-6-10-16(14)21/h3-4,7-8,11,14,17H,2,5-6,9-10H2,1H3. The lowest BCUT2D eigenvalue weighted by Gasteiger charge is -2.39. The van der Waals surface area contributed by atoms with Gasteiger partial charge in [0.25, 0.3) is 0 Å². The first-order valence-electron chi connectivity index (χ1n) is 8.08. The van der Waals surface area contributed by atoms with Crippen LogP contribution in [0, 0.1) is 5.92 Å². The van der Waals surface area contributed by atoms with Gasteiger partial charge in [0.2, 0.25) is 0 Å². The fourth-order valence-electron chi connectivity index (χ4n) is 3.51. The van der Waals surface area contributed by atoms with Crippen LogP contribution in [0.25, 0.3) is 4.48 Å². The number of amides is 1. The third kappa shape index (κ3) is 3.07. The molecule has 0 bridgehead atoms. The number of benzene rings is 1. The molecule has 1 aliphatic carbocycles. The molecule has 1 saturated carbocycles. The summed E-state index contributed by atoms with van der Waals surface area (Å²) in [5, 5.41) is 0. The molecule has 2 unspecified atom stereocenters. The zero-order valence-corrected chi connectivity index (χ0v) is 14.7.